The van der Waals surface area contributed by atoms with Crippen molar-refractivity contribution in [1.29, 1.82) is 0 Å². The normalized spacial score (nSPS) is 16.2. The number of benzene rings is 1. The molecule has 0 bridgehead atoms. The molecule has 1 saturated carbocycles. The number of hydrogen-bond donors (Lipinski definition) is 0. The highest BCUT2D eigenvalue weighted by molar-refractivity contribution is 5.93. The topological polar surface area (TPSA) is 48.4 Å². The first kappa shape index (κ1) is 15.8. The molecule has 3 rings (SSSR count). The van der Waals surface area contributed by atoms with Crippen molar-refractivity contribution in [2.75, 3.05) is 6.61 Å². The Labute approximate surface area is 136 Å². The van der Waals surface area contributed by atoms with Crippen LogP contribution < -0.4 is 9.47 Å². The van der Waals surface area contributed by atoms with Crippen LogP contribution in [0.2, 0.25) is 0 Å². The van der Waals surface area contributed by atoms with Gasteiger partial charge in [-0.1, -0.05) is 13.3 Å². The van der Waals surface area contributed by atoms with Gasteiger partial charge in [0, 0.05) is 17.0 Å². The minimum atomic E-state index is 0.000998. The zero-order valence-electron chi connectivity index (χ0n) is 14.0. The van der Waals surface area contributed by atoms with Gasteiger partial charge in [0.2, 0.25) is 0 Å². The van der Waals surface area contributed by atoms with E-state index in [9.17, 15) is 4.79 Å². The third-order valence-electron chi connectivity index (χ3n) is 4.46. The van der Waals surface area contributed by atoms with E-state index in [4.69, 9.17) is 9.47 Å². The largest absolute Gasteiger partial charge is 0.492 e. The number of carbonyl (C=O) groups is 1. The third-order valence-corrected chi connectivity index (χ3v) is 4.46. The van der Waals surface area contributed by atoms with Gasteiger partial charge >= 0.3 is 0 Å². The number of aldehydes is 1. The molecule has 0 aliphatic heterocycles. The Morgan fingerprint density at radius 1 is 1.30 bits per heavy atom. The van der Waals surface area contributed by atoms with Crippen LogP contribution in [-0.2, 0) is 0 Å². The van der Waals surface area contributed by atoms with E-state index in [0.29, 0.717) is 17.9 Å². The van der Waals surface area contributed by atoms with Crippen molar-refractivity contribution in [3.8, 4) is 11.5 Å². The number of hydrogen-bond acceptors (Lipinski definition) is 4. The highest BCUT2D eigenvalue weighted by Gasteiger charge is 2.32. The SMILES string of the molecule is CC(C)Oc1cc2c(OCC3(C)CCC3)ccnc2cc1C=O. The fraction of sp³-hybridized carbons (Fsp3) is 0.474. The van der Waals surface area contributed by atoms with Crippen molar-refractivity contribution >= 4 is 17.2 Å². The van der Waals surface area contributed by atoms with Gasteiger partial charge in [0.25, 0.3) is 0 Å². The van der Waals surface area contributed by atoms with Crippen molar-refractivity contribution in [2.45, 2.75) is 46.1 Å². The summed E-state index contributed by atoms with van der Waals surface area (Å²) in [4.78, 5) is 15.7. The summed E-state index contributed by atoms with van der Waals surface area (Å²) in [7, 11) is 0. The molecule has 0 radical (unpaired) electrons. The zero-order chi connectivity index (χ0) is 16.4. The van der Waals surface area contributed by atoms with Crippen molar-refractivity contribution in [1.82, 2.24) is 4.98 Å². The molecule has 2 aromatic rings. The van der Waals surface area contributed by atoms with E-state index in [1.165, 1.54) is 19.3 Å². The van der Waals surface area contributed by atoms with Crippen molar-refractivity contribution in [3.05, 3.63) is 30.0 Å². The maximum Gasteiger partial charge on any atom is 0.153 e. The molecule has 0 spiro atoms. The second-order valence-corrected chi connectivity index (χ2v) is 6.95. The van der Waals surface area contributed by atoms with E-state index in [0.717, 1.165) is 22.9 Å². The molecule has 1 heterocycles. The lowest BCUT2D eigenvalue weighted by Crippen LogP contribution is -2.32. The molecule has 1 aliphatic carbocycles. The first-order valence-corrected chi connectivity index (χ1v) is 8.18. The fourth-order valence-electron chi connectivity index (χ4n) is 2.91. The van der Waals surface area contributed by atoms with E-state index in [2.05, 4.69) is 11.9 Å². The highest BCUT2D eigenvalue weighted by Crippen LogP contribution is 2.41. The van der Waals surface area contributed by atoms with Gasteiger partial charge in [0.15, 0.2) is 6.29 Å². The Morgan fingerprint density at radius 3 is 2.70 bits per heavy atom. The maximum absolute atomic E-state index is 11.3. The number of nitrogens with zero attached hydrogens (tertiary/aromatic N) is 1. The molecule has 122 valence electrons. The molecular weight excluding hydrogens is 290 g/mol. The summed E-state index contributed by atoms with van der Waals surface area (Å²) in [5.41, 5.74) is 1.55. The van der Waals surface area contributed by atoms with Crippen LogP contribution in [0.1, 0.15) is 50.4 Å². The molecule has 1 aromatic carbocycles. The predicted molar refractivity (Wildman–Crippen MR) is 90.3 cm³/mol. The van der Waals surface area contributed by atoms with Gasteiger partial charge in [-0.3, -0.25) is 9.78 Å². The van der Waals surface area contributed by atoms with Crippen LogP contribution in [0.15, 0.2) is 24.4 Å². The first-order valence-electron chi connectivity index (χ1n) is 8.18. The quantitative estimate of drug-likeness (QED) is 0.741. The van der Waals surface area contributed by atoms with Gasteiger partial charge in [-0.05, 0) is 44.9 Å². The summed E-state index contributed by atoms with van der Waals surface area (Å²) in [6.07, 6.45) is 6.24. The number of carbonyl (C=O) groups excluding carboxylic acids is 1. The van der Waals surface area contributed by atoms with Gasteiger partial charge < -0.3 is 9.47 Å². The second-order valence-electron chi connectivity index (χ2n) is 6.95. The molecular formula is C19H23NO3. The minimum Gasteiger partial charge on any atom is -0.492 e. The van der Waals surface area contributed by atoms with E-state index < -0.39 is 0 Å². The smallest absolute Gasteiger partial charge is 0.153 e. The Balaban J connectivity index is 1.95. The first-order chi connectivity index (χ1) is 11.0. The van der Waals surface area contributed by atoms with Crippen LogP contribution in [0, 0.1) is 5.41 Å². The van der Waals surface area contributed by atoms with Gasteiger partial charge in [0.1, 0.15) is 11.5 Å². The number of pyridine rings is 1. The molecule has 1 aliphatic rings. The summed E-state index contributed by atoms with van der Waals surface area (Å²) >= 11 is 0. The highest BCUT2D eigenvalue weighted by atomic mass is 16.5. The van der Waals surface area contributed by atoms with Crippen molar-refractivity contribution in [2.24, 2.45) is 5.41 Å². The molecule has 0 unspecified atom stereocenters. The Kier molecular flexibility index (Phi) is 4.24. The molecule has 1 fully saturated rings. The average molecular weight is 313 g/mol. The van der Waals surface area contributed by atoms with Gasteiger partial charge in [-0.2, -0.15) is 0 Å². The van der Waals surface area contributed by atoms with Crippen LogP contribution >= 0.6 is 0 Å². The minimum absolute atomic E-state index is 0.000998. The number of rotatable bonds is 6. The van der Waals surface area contributed by atoms with Gasteiger partial charge in [0.05, 0.1) is 23.8 Å². The van der Waals surface area contributed by atoms with E-state index >= 15 is 0 Å². The molecule has 23 heavy (non-hydrogen) atoms. The summed E-state index contributed by atoms with van der Waals surface area (Å²) in [6, 6.07) is 5.51. The van der Waals surface area contributed by atoms with E-state index in [-0.39, 0.29) is 11.5 Å². The van der Waals surface area contributed by atoms with Crippen LogP contribution in [0.4, 0.5) is 0 Å². The standard InChI is InChI=1S/C19H23NO3/c1-13(2)23-18-10-15-16(9-14(18)11-21)20-8-5-17(15)22-12-19(3)6-4-7-19/h5,8-11,13H,4,6-7,12H2,1-3H3. The van der Waals surface area contributed by atoms with Gasteiger partial charge in [-0.15, -0.1) is 0 Å². The predicted octanol–water partition coefficient (Wildman–Crippen LogP) is 4.40. The Morgan fingerprint density at radius 2 is 2.09 bits per heavy atom. The molecule has 0 N–H and O–H groups in total. The molecule has 4 heteroatoms. The lowest BCUT2D eigenvalue weighted by molar-refractivity contribution is 0.0784. The number of aromatic nitrogens is 1. The van der Waals surface area contributed by atoms with E-state index in [1.54, 1.807) is 12.3 Å². The van der Waals surface area contributed by atoms with Crippen molar-refractivity contribution < 1.29 is 14.3 Å². The van der Waals surface area contributed by atoms with E-state index in [1.807, 2.05) is 26.0 Å². The molecule has 4 nitrogen and oxygen atoms in total. The molecule has 1 aromatic heterocycles. The summed E-state index contributed by atoms with van der Waals surface area (Å²) in [6.45, 7) is 6.85. The van der Waals surface area contributed by atoms with Crippen LogP contribution in [-0.4, -0.2) is 24.0 Å². The fourth-order valence-corrected chi connectivity index (χ4v) is 2.91. The summed E-state index contributed by atoms with van der Waals surface area (Å²) in [5, 5.41) is 0.886. The summed E-state index contributed by atoms with van der Waals surface area (Å²) < 4.78 is 11.8. The van der Waals surface area contributed by atoms with Crippen LogP contribution in [0.3, 0.4) is 0 Å². The lowest BCUT2D eigenvalue weighted by Gasteiger charge is -2.37. The molecule has 0 saturated heterocycles. The second kappa shape index (κ2) is 6.19. The Hall–Kier alpha value is -2.10. The van der Waals surface area contributed by atoms with Crippen LogP contribution in [0.5, 0.6) is 11.5 Å². The van der Waals surface area contributed by atoms with Crippen LogP contribution in [0.25, 0.3) is 10.9 Å². The molecule has 0 atom stereocenters. The number of fused-ring (bicyclic) bond motifs is 1. The monoisotopic (exact) mass is 313 g/mol. The summed E-state index contributed by atoms with van der Waals surface area (Å²) in [5.74, 6) is 1.38. The van der Waals surface area contributed by atoms with Gasteiger partial charge in [-0.25, -0.2) is 0 Å². The third kappa shape index (κ3) is 3.31. The zero-order valence-corrected chi connectivity index (χ0v) is 14.0. The Bertz CT molecular complexity index is 720. The lowest BCUT2D eigenvalue weighted by atomic mass is 9.71. The maximum atomic E-state index is 11.3. The average Bonchev–Trinajstić information content (AvgIpc) is 2.50. The molecule has 0 amide bonds. The number of ether oxygens (including phenoxy) is 2. The van der Waals surface area contributed by atoms with Crippen molar-refractivity contribution in [3.63, 3.8) is 0 Å².